The lowest BCUT2D eigenvalue weighted by atomic mass is 10.0. The van der Waals surface area contributed by atoms with E-state index in [4.69, 9.17) is 0 Å². The number of hydrogen-bond donors (Lipinski definition) is 1. The highest BCUT2D eigenvalue weighted by Crippen LogP contribution is 2.25. The van der Waals surface area contributed by atoms with Crippen molar-refractivity contribution in [3.8, 4) is 0 Å². The zero-order valence-corrected chi connectivity index (χ0v) is 14.1. The van der Waals surface area contributed by atoms with E-state index in [1.54, 1.807) is 0 Å². The number of aryl methyl sites for hydroxylation is 2. The molecule has 126 valence electrons. The number of rotatable bonds is 4. The Bertz CT molecular complexity index is 538. The first-order valence-electron chi connectivity index (χ1n) is 8.89. The highest BCUT2D eigenvalue weighted by molar-refractivity contribution is 5.76. The van der Waals surface area contributed by atoms with Gasteiger partial charge in [-0.3, -0.25) is 9.69 Å². The van der Waals surface area contributed by atoms with Crippen LogP contribution in [0.3, 0.4) is 0 Å². The summed E-state index contributed by atoms with van der Waals surface area (Å²) >= 11 is 0. The molecule has 1 N–H and O–H groups in total. The maximum atomic E-state index is 12.4. The molecule has 4 heteroatoms. The largest absolute Gasteiger partial charge is 0.391 e. The molecule has 23 heavy (non-hydrogen) atoms. The van der Waals surface area contributed by atoms with Crippen LogP contribution in [0.2, 0.25) is 0 Å². The molecule has 2 fully saturated rings. The van der Waals surface area contributed by atoms with Crippen molar-refractivity contribution in [1.29, 1.82) is 0 Å². The summed E-state index contributed by atoms with van der Waals surface area (Å²) in [6, 6.07) is 8.61. The molecule has 0 spiro atoms. The lowest BCUT2D eigenvalue weighted by Gasteiger charge is -2.39. The zero-order chi connectivity index (χ0) is 16.2. The van der Waals surface area contributed by atoms with Gasteiger partial charge < -0.3 is 10.0 Å². The molecule has 1 aromatic carbocycles. The minimum Gasteiger partial charge on any atom is -0.391 e. The maximum absolute atomic E-state index is 12.4. The van der Waals surface area contributed by atoms with Crippen molar-refractivity contribution in [3.05, 3.63) is 35.4 Å². The summed E-state index contributed by atoms with van der Waals surface area (Å²) in [7, 11) is 0. The smallest absolute Gasteiger partial charge is 0.222 e. The molecule has 0 aromatic heterocycles. The number of aliphatic hydroxyl groups is 1. The van der Waals surface area contributed by atoms with Crippen LogP contribution in [0.4, 0.5) is 0 Å². The SMILES string of the molecule is Cc1ccccc1CCC(=O)N1CCN([C@H]2CCC[C@H]2O)CC1. The van der Waals surface area contributed by atoms with E-state index in [0.29, 0.717) is 12.5 Å². The van der Waals surface area contributed by atoms with E-state index in [9.17, 15) is 9.90 Å². The normalized spacial score (nSPS) is 25.7. The van der Waals surface area contributed by atoms with Crippen LogP contribution < -0.4 is 0 Å². The van der Waals surface area contributed by atoms with Crippen LogP contribution in [-0.4, -0.2) is 59.1 Å². The quantitative estimate of drug-likeness (QED) is 0.924. The number of piperazine rings is 1. The van der Waals surface area contributed by atoms with E-state index in [2.05, 4.69) is 24.0 Å². The number of hydrogen-bond acceptors (Lipinski definition) is 3. The van der Waals surface area contributed by atoms with Gasteiger partial charge in [-0.15, -0.1) is 0 Å². The summed E-state index contributed by atoms with van der Waals surface area (Å²) < 4.78 is 0. The van der Waals surface area contributed by atoms with Crippen molar-refractivity contribution >= 4 is 5.91 Å². The van der Waals surface area contributed by atoms with Crippen LogP contribution in [0.1, 0.15) is 36.8 Å². The molecule has 1 saturated carbocycles. The predicted molar refractivity (Wildman–Crippen MR) is 91.3 cm³/mol. The average Bonchev–Trinajstić information content (AvgIpc) is 3.00. The Labute approximate surface area is 139 Å². The van der Waals surface area contributed by atoms with Gasteiger partial charge in [-0.25, -0.2) is 0 Å². The molecule has 1 saturated heterocycles. The molecule has 0 unspecified atom stereocenters. The standard InChI is InChI=1S/C19H28N2O2/c1-15-5-2-3-6-16(15)9-10-19(23)21-13-11-20(12-14-21)17-7-4-8-18(17)22/h2-3,5-6,17-18,22H,4,7-14H2,1H3/t17-,18+/m0/s1. The molecular weight excluding hydrogens is 288 g/mol. The molecule has 0 radical (unpaired) electrons. The molecule has 4 nitrogen and oxygen atoms in total. The lowest BCUT2D eigenvalue weighted by Crippen LogP contribution is -2.53. The molecule has 1 amide bonds. The van der Waals surface area contributed by atoms with E-state index < -0.39 is 0 Å². The monoisotopic (exact) mass is 316 g/mol. The van der Waals surface area contributed by atoms with Gasteiger partial charge in [0.2, 0.25) is 5.91 Å². The summed E-state index contributed by atoms with van der Waals surface area (Å²) in [5.41, 5.74) is 2.54. The van der Waals surface area contributed by atoms with E-state index >= 15 is 0 Å². The maximum Gasteiger partial charge on any atom is 0.222 e. The van der Waals surface area contributed by atoms with Crippen LogP contribution in [0, 0.1) is 6.92 Å². The Morgan fingerprint density at radius 1 is 1.17 bits per heavy atom. The minimum absolute atomic E-state index is 0.168. The summed E-state index contributed by atoms with van der Waals surface area (Å²) in [6.07, 6.45) is 4.41. The second kappa shape index (κ2) is 7.45. The van der Waals surface area contributed by atoms with Crippen molar-refractivity contribution < 1.29 is 9.90 Å². The van der Waals surface area contributed by atoms with Gasteiger partial charge in [0, 0.05) is 38.6 Å². The number of benzene rings is 1. The van der Waals surface area contributed by atoms with Crippen LogP contribution in [0.15, 0.2) is 24.3 Å². The van der Waals surface area contributed by atoms with Gasteiger partial charge in [0.05, 0.1) is 6.10 Å². The van der Waals surface area contributed by atoms with Gasteiger partial charge >= 0.3 is 0 Å². The fraction of sp³-hybridized carbons (Fsp3) is 0.632. The molecular formula is C19H28N2O2. The van der Waals surface area contributed by atoms with E-state index in [-0.39, 0.29) is 12.0 Å². The first kappa shape index (κ1) is 16.5. The number of amides is 1. The Morgan fingerprint density at radius 3 is 2.57 bits per heavy atom. The van der Waals surface area contributed by atoms with Crippen molar-refractivity contribution in [2.24, 2.45) is 0 Å². The fourth-order valence-corrected chi connectivity index (χ4v) is 3.94. The summed E-state index contributed by atoms with van der Waals surface area (Å²) in [4.78, 5) is 16.8. The lowest BCUT2D eigenvalue weighted by molar-refractivity contribution is -0.133. The molecule has 2 atom stereocenters. The second-order valence-electron chi connectivity index (χ2n) is 6.91. The van der Waals surface area contributed by atoms with Crippen molar-refractivity contribution in [2.75, 3.05) is 26.2 Å². The molecule has 2 aliphatic rings. The van der Waals surface area contributed by atoms with E-state index in [1.807, 2.05) is 17.0 Å². The minimum atomic E-state index is -0.168. The van der Waals surface area contributed by atoms with Gasteiger partial charge in [0.15, 0.2) is 0 Å². The fourth-order valence-electron chi connectivity index (χ4n) is 3.94. The Morgan fingerprint density at radius 2 is 1.91 bits per heavy atom. The third-order valence-corrected chi connectivity index (χ3v) is 5.45. The Hall–Kier alpha value is -1.39. The van der Waals surface area contributed by atoms with Crippen LogP contribution >= 0.6 is 0 Å². The molecule has 3 rings (SSSR count). The highest BCUT2D eigenvalue weighted by Gasteiger charge is 2.33. The van der Waals surface area contributed by atoms with Gasteiger partial charge in [-0.1, -0.05) is 24.3 Å². The van der Waals surface area contributed by atoms with E-state index in [0.717, 1.165) is 51.9 Å². The van der Waals surface area contributed by atoms with Crippen LogP contribution in [-0.2, 0) is 11.2 Å². The average molecular weight is 316 g/mol. The zero-order valence-electron chi connectivity index (χ0n) is 14.1. The summed E-state index contributed by atoms with van der Waals surface area (Å²) in [5.74, 6) is 0.264. The van der Waals surface area contributed by atoms with Crippen molar-refractivity contribution in [2.45, 2.75) is 51.2 Å². The third-order valence-electron chi connectivity index (χ3n) is 5.45. The first-order valence-corrected chi connectivity index (χ1v) is 8.89. The van der Waals surface area contributed by atoms with Crippen LogP contribution in [0.25, 0.3) is 0 Å². The van der Waals surface area contributed by atoms with Gasteiger partial charge in [-0.2, -0.15) is 0 Å². The first-order chi connectivity index (χ1) is 11.1. The van der Waals surface area contributed by atoms with Crippen molar-refractivity contribution in [1.82, 2.24) is 9.80 Å². The topological polar surface area (TPSA) is 43.8 Å². The molecule has 1 aliphatic carbocycles. The van der Waals surface area contributed by atoms with Gasteiger partial charge in [-0.05, 0) is 43.7 Å². The van der Waals surface area contributed by atoms with Crippen LogP contribution in [0.5, 0.6) is 0 Å². The van der Waals surface area contributed by atoms with E-state index in [1.165, 1.54) is 11.1 Å². The Balaban J connectivity index is 1.46. The second-order valence-corrected chi connectivity index (χ2v) is 6.91. The molecule has 1 heterocycles. The number of carbonyl (C=O) groups excluding carboxylic acids is 1. The van der Waals surface area contributed by atoms with Gasteiger partial charge in [0.1, 0.15) is 0 Å². The van der Waals surface area contributed by atoms with Gasteiger partial charge in [0.25, 0.3) is 0 Å². The Kier molecular flexibility index (Phi) is 5.34. The molecule has 0 bridgehead atoms. The number of carbonyl (C=O) groups is 1. The summed E-state index contributed by atoms with van der Waals surface area (Å²) in [6.45, 7) is 5.51. The summed E-state index contributed by atoms with van der Waals surface area (Å²) in [5, 5.41) is 10.0. The molecule has 1 aliphatic heterocycles. The highest BCUT2D eigenvalue weighted by atomic mass is 16.3. The third kappa shape index (κ3) is 3.93. The predicted octanol–water partition coefficient (Wildman–Crippen LogP) is 1.99. The van der Waals surface area contributed by atoms with Crippen molar-refractivity contribution in [3.63, 3.8) is 0 Å². The number of nitrogens with zero attached hydrogens (tertiary/aromatic N) is 2. The molecule has 1 aromatic rings. The number of aliphatic hydroxyl groups excluding tert-OH is 1.